The summed E-state index contributed by atoms with van der Waals surface area (Å²) in [6.45, 7) is 6.43. The highest BCUT2D eigenvalue weighted by Crippen LogP contribution is 2.08. The highest BCUT2D eigenvalue weighted by atomic mass is 16.2. The molecule has 0 bridgehead atoms. The summed E-state index contributed by atoms with van der Waals surface area (Å²) in [4.78, 5) is 28.7. The van der Waals surface area contributed by atoms with Crippen LogP contribution in [0.4, 0.5) is 5.95 Å². The molecule has 6 heteroatoms. The lowest BCUT2D eigenvalue weighted by Gasteiger charge is -2.19. The SMILES string of the molecule is CCN(CC)c1ncc(C(=O)N(C)CCc2ccncc2)cn1. The number of amides is 1. The lowest BCUT2D eigenvalue weighted by atomic mass is 10.2. The molecule has 2 heterocycles. The first kappa shape index (κ1) is 16.9. The highest BCUT2D eigenvalue weighted by molar-refractivity contribution is 5.93. The zero-order valence-corrected chi connectivity index (χ0v) is 13.9. The van der Waals surface area contributed by atoms with E-state index < -0.39 is 0 Å². The lowest BCUT2D eigenvalue weighted by molar-refractivity contribution is 0.0796. The molecule has 0 aliphatic rings. The van der Waals surface area contributed by atoms with Gasteiger partial charge in [0.25, 0.3) is 5.91 Å². The molecule has 2 aromatic heterocycles. The van der Waals surface area contributed by atoms with Crippen molar-refractivity contribution in [3.63, 3.8) is 0 Å². The molecule has 2 rings (SSSR count). The van der Waals surface area contributed by atoms with Crippen molar-refractivity contribution in [2.75, 3.05) is 31.6 Å². The predicted molar refractivity (Wildman–Crippen MR) is 90.5 cm³/mol. The zero-order valence-electron chi connectivity index (χ0n) is 13.9. The first-order valence-electron chi connectivity index (χ1n) is 7.87. The van der Waals surface area contributed by atoms with E-state index in [2.05, 4.69) is 28.8 Å². The third kappa shape index (κ3) is 4.48. The highest BCUT2D eigenvalue weighted by Gasteiger charge is 2.13. The van der Waals surface area contributed by atoms with Gasteiger partial charge in [-0.3, -0.25) is 9.78 Å². The van der Waals surface area contributed by atoms with E-state index in [0.29, 0.717) is 18.1 Å². The number of nitrogens with zero attached hydrogens (tertiary/aromatic N) is 5. The maximum atomic E-state index is 12.4. The standard InChI is InChI=1S/C17H23N5O/c1-4-22(5-2)17-19-12-15(13-20-17)16(23)21(3)11-8-14-6-9-18-10-7-14/h6-7,9-10,12-13H,4-5,8,11H2,1-3H3. The largest absolute Gasteiger partial charge is 0.341 e. The molecular formula is C17H23N5O. The summed E-state index contributed by atoms with van der Waals surface area (Å²) < 4.78 is 0. The van der Waals surface area contributed by atoms with Gasteiger partial charge in [0.2, 0.25) is 5.95 Å². The van der Waals surface area contributed by atoms with Crippen LogP contribution in [-0.4, -0.2) is 52.4 Å². The number of aromatic nitrogens is 3. The molecule has 0 fully saturated rings. The number of hydrogen-bond donors (Lipinski definition) is 0. The average Bonchev–Trinajstić information content (AvgIpc) is 2.61. The number of likely N-dealkylation sites (N-methyl/N-ethyl adjacent to an activating group) is 1. The summed E-state index contributed by atoms with van der Waals surface area (Å²) >= 11 is 0. The third-order valence-electron chi connectivity index (χ3n) is 3.76. The van der Waals surface area contributed by atoms with Gasteiger partial charge in [-0.15, -0.1) is 0 Å². The molecule has 0 aliphatic carbocycles. The van der Waals surface area contributed by atoms with Gasteiger partial charge in [-0.25, -0.2) is 9.97 Å². The summed E-state index contributed by atoms with van der Waals surface area (Å²) in [6, 6.07) is 3.92. The van der Waals surface area contributed by atoms with Crippen LogP contribution in [0.3, 0.4) is 0 Å². The number of carbonyl (C=O) groups excluding carboxylic acids is 1. The van der Waals surface area contributed by atoms with E-state index >= 15 is 0 Å². The van der Waals surface area contributed by atoms with Crippen molar-refractivity contribution in [1.82, 2.24) is 19.9 Å². The molecule has 0 aliphatic heterocycles. The van der Waals surface area contributed by atoms with Gasteiger partial charge in [0.05, 0.1) is 5.56 Å². The van der Waals surface area contributed by atoms with Crippen LogP contribution in [0.5, 0.6) is 0 Å². The van der Waals surface area contributed by atoms with Gasteiger partial charge in [0.15, 0.2) is 0 Å². The molecule has 2 aromatic rings. The Kier molecular flexibility index (Phi) is 6.02. The summed E-state index contributed by atoms with van der Waals surface area (Å²) in [7, 11) is 1.79. The van der Waals surface area contributed by atoms with Gasteiger partial charge >= 0.3 is 0 Å². The van der Waals surface area contributed by atoms with E-state index in [-0.39, 0.29) is 5.91 Å². The Morgan fingerprint density at radius 1 is 1.09 bits per heavy atom. The van der Waals surface area contributed by atoms with E-state index in [1.165, 1.54) is 0 Å². The van der Waals surface area contributed by atoms with Crippen molar-refractivity contribution in [3.8, 4) is 0 Å². The first-order chi connectivity index (χ1) is 11.2. The Labute approximate surface area is 137 Å². The minimum Gasteiger partial charge on any atom is -0.341 e. The summed E-state index contributed by atoms with van der Waals surface area (Å²) in [5.41, 5.74) is 1.67. The Morgan fingerprint density at radius 2 is 1.70 bits per heavy atom. The van der Waals surface area contributed by atoms with Gasteiger partial charge in [0, 0.05) is 51.5 Å². The molecule has 1 amide bonds. The van der Waals surface area contributed by atoms with Crippen LogP contribution in [0.2, 0.25) is 0 Å². The quantitative estimate of drug-likeness (QED) is 0.783. The van der Waals surface area contributed by atoms with Crippen LogP contribution in [0.15, 0.2) is 36.9 Å². The molecule has 0 aromatic carbocycles. The molecule has 6 nitrogen and oxygen atoms in total. The number of anilines is 1. The normalized spacial score (nSPS) is 10.4. The van der Waals surface area contributed by atoms with Gasteiger partial charge < -0.3 is 9.80 Å². The summed E-state index contributed by atoms with van der Waals surface area (Å²) in [5.74, 6) is 0.594. The molecule has 0 unspecified atom stereocenters. The molecule has 0 atom stereocenters. The second-order valence-electron chi connectivity index (χ2n) is 5.28. The van der Waals surface area contributed by atoms with E-state index in [1.54, 1.807) is 36.7 Å². The molecule has 0 N–H and O–H groups in total. The van der Waals surface area contributed by atoms with E-state index in [4.69, 9.17) is 0 Å². The lowest BCUT2D eigenvalue weighted by Crippen LogP contribution is -2.29. The van der Waals surface area contributed by atoms with E-state index in [1.807, 2.05) is 17.0 Å². The van der Waals surface area contributed by atoms with Crippen molar-refractivity contribution in [2.24, 2.45) is 0 Å². The maximum Gasteiger partial charge on any atom is 0.256 e. The second kappa shape index (κ2) is 8.22. The topological polar surface area (TPSA) is 62.2 Å². The van der Waals surface area contributed by atoms with Crippen molar-refractivity contribution >= 4 is 11.9 Å². The summed E-state index contributed by atoms with van der Waals surface area (Å²) in [5, 5.41) is 0. The van der Waals surface area contributed by atoms with Crippen LogP contribution in [-0.2, 0) is 6.42 Å². The number of carbonyl (C=O) groups is 1. The number of hydrogen-bond acceptors (Lipinski definition) is 5. The second-order valence-corrected chi connectivity index (χ2v) is 5.28. The molecule has 122 valence electrons. The first-order valence-corrected chi connectivity index (χ1v) is 7.87. The molecule has 0 saturated heterocycles. The average molecular weight is 313 g/mol. The minimum atomic E-state index is -0.0647. The van der Waals surface area contributed by atoms with Crippen molar-refractivity contribution in [1.29, 1.82) is 0 Å². The van der Waals surface area contributed by atoms with Crippen LogP contribution in [0, 0.1) is 0 Å². The van der Waals surface area contributed by atoms with Gasteiger partial charge in [-0.1, -0.05) is 0 Å². The molecular weight excluding hydrogens is 290 g/mol. The van der Waals surface area contributed by atoms with Crippen LogP contribution < -0.4 is 4.90 Å². The molecule has 0 saturated carbocycles. The van der Waals surface area contributed by atoms with E-state index in [9.17, 15) is 4.79 Å². The fourth-order valence-electron chi connectivity index (χ4n) is 2.27. The molecule has 0 spiro atoms. The van der Waals surface area contributed by atoms with Gasteiger partial charge in [-0.2, -0.15) is 0 Å². The smallest absolute Gasteiger partial charge is 0.256 e. The number of rotatable bonds is 7. The van der Waals surface area contributed by atoms with Crippen LogP contribution in [0.1, 0.15) is 29.8 Å². The monoisotopic (exact) mass is 313 g/mol. The fourth-order valence-corrected chi connectivity index (χ4v) is 2.27. The van der Waals surface area contributed by atoms with Crippen LogP contribution in [0.25, 0.3) is 0 Å². The van der Waals surface area contributed by atoms with Crippen molar-refractivity contribution < 1.29 is 4.79 Å². The predicted octanol–water partition coefficient (Wildman–Crippen LogP) is 2.03. The Balaban J connectivity index is 1.96. The Bertz CT molecular complexity index is 611. The fraction of sp³-hybridized carbons (Fsp3) is 0.412. The van der Waals surface area contributed by atoms with Crippen LogP contribution >= 0.6 is 0 Å². The van der Waals surface area contributed by atoms with Gasteiger partial charge in [-0.05, 0) is 38.0 Å². The minimum absolute atomic E-state index is 0.0647. The maximum absolute atomic E-state index is 12.4. The summed E-state index contributed by atoms with van der Waals surface area (Å²) in [6.07, 6.45) is 7.52. The number of pyridine rings is 1. The van der Waals surface area contributed by atoms with Gasteiger partial charge in [0.1, 0.15) is 0 Å². The van der Waals surface area contributed by atoms with E-state index in [0.717, 1.165) is 25.1 Å². The molecule has 0 radical (unpaired) electrons. The van der Waals surface area contributed by atoms with Crippen molar-refractivity contribution in [3.05, 3.63) is 48.0 Å². The Hall–Kier alpha value is -2.50. The van der Waals surface area contributed by atoms with Crippen molar-refractivity contribution in [2.45, 2.75) is 20.3 Å². The zero-order chi connectivity index (χ0) is 16.7. The Morgan fingerprint density at radius 3 is 2.26 bits per heavy atom. The molecule has 23 heavy (non-hydrogen) atoms. The third-order valence-corrected chi connectivity index (χ3v) is 3.76.